The first-order chi connectivity index (χ1) is 17.2. The van der Waals surface area contributed by atoms with E-state index in [1.165, 1.54) is 0 Å². The normalized spacial score (nSPS) is 14.0. The van der Waals surface area contributed by atoms with Gasteiger partial charge in [0.2, 0.25) is 0 Å². The zero-order chi connectivity index (χ0) is 23.4. The van der Waals surface area contributed by atoms with E-state index in [9.17, 15) is 0 Å². The summed E-state index contributed by atoms with van der Waals surface area (Å²) in [4.78, 5) is 32.8. The summed E-state index contributed by atoms with van der Waals surface area (Å²) in [7, 11) is 0. The Morgan fingerprint density at radius 2 is 1.86 bits per heavy atom. The SMILES string of the molecule is NC1CN(c2cncc(-c3cnc4n[nH]c(-c5nc6nccc(-c7ccccn7)c6[nH]5)c4c3)n2)C1. The van der Waals surface area contributed by atoms with Crippen molar-refractivity contribution in [1.82, 2.24) is 45.1 Å². The molecule has 11 nitrogen and oxygen atoms in total. The monoisotopic (exact) mass is 461 g/mol. The molecule has 170 valence electrons. The molecule has 1 aliphatic heterocycles. The Kier molecular flexibility index (Phi) is 4.29. The lowest BCUT2D eigenvalue weighted by Crippen LogP contribution is -2.56. The predicted molar refractivity (Wildman–Crippen MR) is 131 cm³/mol. The van der Waals surface area contributed by atoms with Crippen molar-refractivity contribution in [2.24, 2.45) is 5.73 Å². The molecule has 7 rings (SSSR count). The second kappa shape index (κ2) is 7.64. The van der Waals surface area contributed by atoms with Gasteiger partial charge in [-0.15, -0.1) is 0 Å². The highest BCUT2D eigenvalue weighted by Gasteiger charge is 2.25. The standard InChI is InChI=1S/C24H19N11/c25-14-11-35(12-14)19-10-26-9-18(30-19)13-7-16-21(33-34-22(16)29-8-13)24-31-20-15(4-6-28-23(20)32-24)17-3-1-2-5-27-17/h1-10,14H,11-12,25H2,(H,28,31,32)(H,29,33,34). The number of fused-ring (bicyclic) bond motifs is 2. The van der Waals surface area contributed by atoms with E-state index in [0.29, 0.717) is 17.1 Å². The molecular weight excluding hydrogens is 442 g/mol. The highest BCUT2D eigenvalue weighted by molar-refractivity contribution is 5.95. The first-order valence-electron chi connectivity index (χ1n) is 11.2. The number of imidazole rings is 1. The summed E-state index contributed by atoms with van der Waals surface area (Å²) in [6.45, 7) is 1.56. The van der Waals surface area contributed by atoms with Crippen LogP contribution in [-0.4, -0.2) is 64.2 Å². The zero-order valence-electron chi connectivity index (χ0n) is 18.4. The minimum absolute atomic E-state index is 0.184. The maximum Gasteiger partial charge on any atom is 0.181 e. The molecule has 0 bridgehead atoms. The van der Waals surface area contributed by atoms with Crippen molar-refractivity contribution in [1.29, 1.82) is 0 Å². The maximum absolute atomic E-state index is 5.92. The van der Waals surface area contributed by atoms with E-state index in [0.717, 1.165) is 58.0 Å². The molecule has 6 aromatic rings. The van der Waals surface area contributed by atoms with Gasteiger partial charge in [0.15, 0.2) is 17.1 Å². The van der Waals surface area contributed by atoms with Gasteiger partial charge in [0, 0.05) is 48.8 Å². The van der Waals surface area contributed by atoms with E-state index in [1.807, 2.05) is 30.3 Å². The lowest BCUT2D eigenvalue weighted by Gasteiger charge is -2.37. The average molecular weight is 461 g/mol. The van der Waals surface area contributed by atoms with Crippen molar-refractivity contribution in [3.05, 3.63) is 61.3 Å². The summed E-state index contributed by atoms with van der Waals surface area (Å²) >= 11 is 0. The number of nitrogens with two attached hydrogens (primary N) is 1. The molecule has 1 aliphatic rings. The zero-order valence-corrected chi connectivity index (χ0v) is 18.4. The van der Waals surface area contributed by atoms with E-state index in [4.69, 9.17) is 15.7 Å². The van der Waals surface area contributed by atoms with Crippen LogP contribution in [0.3, 0.4) is 0 Å². The fourth-order valence-corrected chi connectivity index (χ4v) is 4.33. The molecule has 1 saturated heterocycles. The fraction of sp³-hybridized carbons (Fsp3) is 0.125. The van der Waals surface area contributed by atoms with Crippen LogP contribution in [0.1, 0.15) is 0 Å². The molecule has 35 heavy (non-hydrogen) atoms. The van der Waals surface area contributed by atoms with E-state index in [-0.39, 0.29) is 6.04 Å². The first-order valence-corrected chi connectivity index (χ1v) is 11.2. The van der Waals surface area contributed by atoms with E-state index in [1.54, 1.807) is 31.0 Å². The number of pyridine rings is 3. The number of aromatic nitrogens is 9. The van der Waals surface area contributed by atoms with Crippen molar-refractivity contribution in [2.45, 2.75) is 6.04 Å². The van der Waals surface area contributed by atoms with E-state index < -0.39 is 0 Å². The van der Waals surface area contributed by atoms with Crippen LogP contribution in [0, 0.1) is 0 Å². The van der Waals surface area contributed by atoms with Gasteiger partial charge in [-0.2, -0.15) is 5.10 Å². The van der Waals surface area contributed by atoms with Crippen LogP contribution in [0.5, 0.6) is 0 Å². The van der Waals surface area contributed by atoms with Crippen LogP contribution in [0.15, 0.2) is 61.3 Å². The number of hydrogen-bond acceptors (Lipinski definition) is 9. The molecule has 0 unspecified atom stereocenters. The van der Waals surface area contributed by atoms with Crippen LogP contribution >= 0.6 is 0 Å². The van der Waals surface area contributed by atoms with Crippen molar-refractivity contribution in [3.63, 3.8) is 0 Å². The van der Waals surface area contributed by atoms with Gasteiger partial charge >= 0.3 is 0 Å². The summed E-state index contributed by atoms with van der Waals surface area (Å²) in [5.41, 5.74) is 12.0. The number of hydrogen-bond donors (Lipinski definition) is 3. The van der Waals surface area contributed by atoms with E-state index in [2.05, 4.69) is 40.0 Å². The van der Waals surface area contributed by atoms with Gasteiger partial charge in [0.05, 0.1) is 34.7 Å². The van der Waals surface area contributed by atoms with Gasteiger partial charge in [0.25, 0.3) is 0 Å². The van der Waals surface area contributed by atoms with Crippen molar-refractivity contribution < 1.29 is 0 Å². The second-order valence-electron chi connectivity index (χ2n) is 8.48. The lowest BCUT2D eigenvalue weighted by atomic mass is 10.1. The molecule has 6 aromatic heterocycles. The van der Waals surface area contributed by atoms with Crippen LogP contribution in [-0.2, 0) is 0 Å². The molecule has 1 fully saturated rings. The molecular formula is C24H19N11. The number of rotatable bonds is 4. The minimum atomic E-state index is 0.184. The smallest absolute Gasteiger partial charge is 0.181 e. The Balaban J connectivity index is 1.31. The highest BCUT2D eigenvalue weighted by atomic mass is 15.3. The third-order valence-corrected chi connectivity index (χ3v) is 6.13. The molecule has 0 spiro atoms. The van der Waals surface area contributed by atoms with Crippen LogP contribution in [0.4, 0.5) is 5.82 Å². The molecule has 0 radical (unpaired) electrons. The molecule has 0 amide bonds. The summed E-state index contributed by atoms with van der Waals surface area (Å²) in [5.74, 6) is 1.42. The van der Waals surface area contributed by atoms with Crippen molar-refractivity contribution in [3.8, 4) is 34.0 Å². The Labute approximate surface area is 198 Å². The van der Waals surface area contributed by atoms with Crippen molar-refractivity contribution >= 4 is 28.0 Å². The fourth-order valence-electron chi connectivity index (χ4n) is 4.33. The predicted octanol–water partition coefficient (Wildman–Crippen LogP) is 2.56. The number of aromatic amines is 2. The lowest BCUT2D eigenvalue weighted by molar-refractivity contribution is 0.514. The topological polar surface area (TPSA) is 151 Å². The second-order valence-corrected chi connectivity index (χ2v) is 8.48. The van der Waals surface area contributed by atoms with E-state index >= 15 is 0 Å². The quantitative estimate of drug-likeness (QED) is 0.360. The number of H-pyrrole nitrogens is 2. The average Bonchev–Trinajstić information content (AvgIpc) is 3.51. The largest absolute Gasteiger partial charge is 0.352 e. The molecule has 7 heterocycles. The molecule has 4 N–H and O–H groups in total. The summed E-state index contributed by atoms with van der Waals surface area (Å²) in [5, 5.41) is 8.26. The van der Waals surface area contributed by atoms with Crippen LogP contribution in [0.25, 0.3) is 56.2 Å². The third kappa shape index (κ3) is 3.28. The van der Waals surface area contributed by atoms with Crippen LogP contribution < -0.4 is 10.6 Å². The Hall–Kier alpha value is -4.77. The van der Waals surface area contributed by atoms with Gasteiger partial charge in [-0.05, 0) is 24.3 Å². The van der Waals surface area contributed by atoms with Gasteiger partial charge < -0.3 is 15.6 Å². The Morgan fingerprint density at radius 1 is 0.914 bits per heavy atom. The third-order valence-electron chi connectivity index (χ3n) is 6.13. The Morgan fingerprint density at radius 3 is 2.71 bits per heavy atom. The molecule has 0 saturated carbocycles. The van der Waals surface area contributed by atoms with Gasteiger partial charge in [-0.3, -0.25) is 15.1 Å². The van der Waals surface area contributed by atoms with Gasteiger partial charge in [-0.25, -0.2) is 19.9 Å². The number of nitrogens with zero attached hydrogens (tertiary/aromatic N) is 8. The maximum atomic E-state index is 5.92. The molecule has 0 aromatic carbocycles. The van der Waals surface area contributed by atoms with Crippen molar-refractivity contribution in [2.75, 3.05) is 18.0 Å². The number of anilines is 1. The van der Waals surface area contributed by atoms with Gasteiger partial charge in [-0.1, -0.05) is 6.07 Å². The molecule has 0 atom stereocenters. The summed E-state index contributed by atoms with van der Waals surface area (Å²) in [6.07, 6.45) is 8.74. The number of nitrogens with one attached hydrogen (secondary N) is 2. The first kappa shape index (κ1) is 19.7. The van der Waals surface area contributed by atoms with Gasteiger partial charge in [0.1, 0.15) is 11.5 Å². The Bertz CT molecular complexity index is 1680. The molecule has 11 heteroatoms. The van der Waals surface area contributed by atoms with Crippen LogP contribution in [0.2, 0.25) is 0 Å². The highest BCUT2D eigenvalue weighted by Crippen LogP contribution is 2.31. The summed E-state index contributed by atoms with van der Waals surface area (Å²) in [6, 6.07) is 9.91. The summed E-state index contributed by atoms with van der Waals surface area (Å²) < 4.78 is 0. The molecule has 0 aliphatic carbocycles. The minimum Gasteiger partial charge on any atom is -0.352 e.